The van der Waals surface area contributed by atoms with Crippen LogP contribution in [0.3, 0.4) is 0 Å². The molecule has 846 valence electrons. The number of halogens is 2. The lowest BCUT2D eigenvalue weighted by Crippen LogP contribution is -2.58. The molecule has 23 nitrogen and oxygen atoms in total. The van der Waals surface area contributed by atoms with Crippen LogP contribution in [0.15, 0.2) is 0 Å². The summed E-state index contributed by atoms with van der Waals surface area (Å²) >= 11 is 0. The van der Waals surface area contributed by atoms with E-state index in [-0.39, 0.29) is 90.0 Å². The number of hydrogen-bond acceptors (Lipinski definition) is 12. The van der Waals surface area contributed by atoms with E-state index in [1.54, 1.807) is 4.90 Å². The van der Waals surface area contributed by atoms with Crippen molar-refractivity contribution < 1.29 is 61.4 Å². The van der Waals surface area contributed by atoms with Crippen molar-refractivity contribution in [3.8, 4) is 0 Å². The Morgan fingerprint density at radius 2 is 0.648 bits per heavy atom. The summed E-state index contributed by atoms with van der Waals surface area (Å²) in [6.45, 7) is 71.8. The van der Waals surface area contributed by atoms with Gasteiger partial charge in [0.2, 0.25) is 41.4 Å². The molecule has 0 aromatic heterocycles. The average molecular weight is 2050 g/mol. The number of piperidine rings is 8. The molecule has 11 aliphatic heterocycles. The van der Waals surface area contributed by atoms with E-state index < -0.39 is 23.0 Å². The van der Waals surface area contributed by atoms with Gasteiger partial charge in [0.25, 0.3) is 0 Å². The number of likely N-dealkylation sites (tertiary alicyclic amines) is 10. The lowest BCUT2D eigenvalue weighted by molar-refractivity contribution is -0.143. The van der Waals surface area contributed by atoms with Crippen molar-refractivity contribution in [2.45, 2.75) is 450 Å². The van der Waals surface area contributed by atoms with Crippen LogP contribution in [0.1, 0.15) is 421 Å². The van der Waals surface area contributed by atoms with Crippen LogP contribution >= 0.6 is 0 Å². The molecule has 3 atom stereocenters. The Morgan fingerprint density at radius 1 is 0.331 bits per heavy atom. The summed E-state index contributed by atoms with van der Waals surface area (Å²) < 4.78 is 37.0. The quantitative estimate of drug-likeness (QED) is 0.172. The summed E-state index contributed by atoms with van der Waals surface area (Å²) in [5, 5.41) is 2.94. The molecule has 11 saturated heterocycles. The van der Waals surface area contributed by atoms with Gasteiger partial charge in [0.05, 0.1) is 19.3 Å². The lowest BCUT2D eigenvalue weighted by Gasteiger charge is -2.41. The van der Waals surface area contributed by atoms with Gasteiger partial charge in [-0.1, -0.05) is 193 Å². The lowest BCUT2D eigenvalue weighted by atomic mass is 9.75. The molecule has 15 rings (SSSR count). The Balaban J connectivity index is 0.000000345. The number of morpholine rings is 1. The summed E-state index contributed by atoms with van der Waals surface area (Å²) in [6.07, 6.45) is 36.2. The van der Waals surface area contributed by atoms with Gasteiger partial charge in [-0.05, 0) is 323 Å². The number of urea groups is 2. The minimum absolute atomic E-state index is 0. The van der Waals surface area contributed by atoms with Gasteiger partial charge in [-0.3, -0.25) is 38.6 Å². The van der Waals surface area contributed by atoms with Crippen LogP contribution in [0.2, 0.25) is 0 Å². The van der Waals surface area contributed by atoms with E-state index in [1.807, 2.05) is 66.0 Å². The topological polar surface area (TPSA) is 220 Å². The number of rotatable bonds is 14. The number of amides is 11. The second-order valence-electron chi connectivity index (χ2n) is 51.2. The van der Waals surface area contributed by atoms with Crippen molar-refractivity contribution in [1.29, 1.82) is 0 Å². The van der Waals surface area contributed by atoms with Gasteiger partial charge in [0.1, 0.15) is 11.1 Å². The van der Waals surface area contributed by atoms with Crippen LogP contribution in [-0.4, -0.2) is 288 Å². The molecule has 11 amide bonds. The zero-order valence-corrected chi connectivity index (χ0v) is 94.5. The minimum Gasteiger partial charge on any atom is -0.444 e. The molecule has 0 bridgehead atoms. The van der Waals surface area contributed by atoms with Gasteiger partial charge < -0.3 is 58.9 Å². The molecule has 0 radical (unpaired) electrons. The first kappa shape index (κ1) is 132. The molecule has 4 aliphatic carbocycles. The van der Waals surface area contributed by atoms with E-state index >= 15 is 0 Å². The maximum atomic E-state index is 13.2. The minimum atomic E-state index is -2.61. The molecular formula is C120H226F2N12O11. The Morgan fingerprint density at radius 3 is 0.966 bits per heavy atom. The summed E-state index contributed by atoms with van der Waals surface area (Å²) in [4.78, 5) is 133. The van der Waals surface area contributed by atoms with E-state index in [0.29, 0.717) is 90.7 Å². The highest BCUT2D eigenvalue weighted by Gasteiger charge is 2.51. The van der Waals surface area contributed by atoms with Crippen molar-refractivity contribution in [3.05, 3.63) is 0 Å². The van der Waals surface area contributed by atoms with E-state index in [2.05, 4.69) is 161 Å². The number of nitrogens with zero attached hydrogens (tertiary/aromatic N) is 11. The Kier molecular flexibility index (Phi) is 56.8. The Bertz CT molecular complexity index is 3650. The normalized spacial score (nSPS) is 24.4. The van der Waals surface area contributed by atoms with Gasteiger partial charge in [0.15, 0.2) is 0 Å². The fourth-order valence-corrected chi connectivity index (χ4v) is 25.3. The van der Waals surface area contributed by atoms with Crippen molar-refractivity contribution in [1.82, 2.24) is 59.2 Å². The first-order valence-electron chi connectivity index (χ1n) is 57.9. The molecule has 0 aromatic rings. The third kappa shape index (κ3) is 41.1. The number of alkyl halides is 2. The Hall–Kier alpha value is -5.59. The highest BCUT2D eigenvalue weighted by molar-refractivity contribution is 5.90. The highest BCUT2D eigenvalue weighted by Crippen LogP contribution is 2.44. The van der Waals surface area contributed by atoms with Gasteiger partial charge in [-0.2, -0.15) is 0 Å². The first-order valence-corrected chi connectivity index (χ1v) is 57.9. The fourth-order valence-electron chi connectivity index (χ4n) is 25.3. The summed E-state index contributed by atoms with van der Waals surface area (Å²) in [7, 11) is 2.08. The second kappa shape index (κ2) is 62.5. The summed E-state index contributed by atoms with van der Waals surface area (Å²) in [5.41, 5.74) is -0.934. The van der Waals surface area contributed by atoms with Gasteiger partial charge in [0, 0.05) is 166 Å². The van der Waals surface area contributed by atoms with Crippen LogP contribution in [0.5, 0.6) is 0 Å². The van der Waals surface area contributed by atoms with Gasteiger partial charge >= 0.3 is 18.2 Å². The molecule has 15 fully saturated rings. The smallest absolute Gasteiger partial charge is 0.411 e. The van der Waals surface area contributed by atoms with Gasteiger partial charge in [-0.15, -0.1) is 0 Å². The number of hydrogen-bond donors (Lipinski definition) is 1. The molecule has 0 aromatic carbocycles. The molecule has 0 spiro atoms. The number of ether oxygens (including phenoxy) is 2. The number of nitrogens with one attached hydrogen (secondary N) is 1. The maximum absolute atomic E-state index is 13.2. The van der Waals surface area contributed by atoms with Crippen molar-refractivity contribution in [2.75, 3.05) is 151 Å². The van der Waals surface area contributed by atoms with Crippen molar-refractivity contribution >= 4 is 53.6 Å². The molecular weight excluding hydrogens is 1820 g/mol. The van der Waals surface area contributed by atoms with E-state index in [1.165, 1.54) is 96.3 Å². The number of carbonyl (C=O) groups excluding carboxylic acids is 9. The molecule has 4 saturated carbocycles. The number of likely N-dealkylation sites (N-methyl/N-ethyl adjacent to an activating group) is 1. The fraction of sp³-hybridized carbons (Fsp3) is 0.925. The van der Waals surface area contributed by atoms with Crippen LogP contribution in [0, 0.1) is 117 Å². The van der Waals surface area contributed by atoms with Crippen molar-refractivity contribution in [3.63, 3.8) is 0 Å². The summed E-state index contributed by atoms with van der Waals surface area (Å²) in [6, 6.07) is 0.722. The second-order valence-corrected chi connectivity index (χ2v) is 51.2. The van der Waals surface area contributed by atoms with Crippen LogP contribution in [0.4, 0.5) is 23.2 Å². The number of carbonyl (C=O) groups is 9. The third-order valence-corrected chi connectivity index (χ3v) is 36.1. The van der Waals surface area contributed by atoms with Crippen LogP contribution in [0.25, 0.3) is 0 Å². The molecule has 1 unspecified atom stereocenters. The van der Waals surface area contributed by atoms with E-state index in [0.717, 1.165) is 299 Å². The summed E-state index contributed by atoms with van der Waals surface area (Å²) in [5.74, 6) is 10.9. The average Bonchev–Trinajstić information content (AvgIpc) is 1.64. The molecule has 11 heterocycles. The van der Waals surface area contributed by atoms with E-state index in [4.69, 9.17) is 9.47 Å². The first-order chi connectivity index (χ1) is 66.4. The predicted octanol–water partition coefficient (Wildman–Crippen LogP) is 25.8. The van der Waals surface area contributed by atoms with Gasteiger partial charge in [-0.25, -0.2) is 23.2 Å². The molecule has 145 heavy (non-hydrogen) atoms. The monoisotopic (exact) mass is 2050 g/mol. The van der Waals surface area contributed by atoms with E-state index in [9.17, 15) is 51.9 Å². The molecule has 1 N–H and O–H groups in total. The van der Waals surface area contributed by atoms with Crippen LogP contribution in [-0.2, 0) is 38.2 Å². The third-order valence-electron chi connectivity index (χ3n) is 36.1. The largest absolute Gasteiger partial charge is 0.444 e. The zero-order chi connectivity index (χ0) is 104. The van der Waals surface area contributed by atoms with Crippen molar-refractivity contribution in [2.24, 2.45) is 117 Å². The predicted molar refractivity (Wildman–Crippen MR) is 595 cm³/mol. The molecule has 15 aliphatic rings. The van der Waals surface area contributed by atoms with Crippen LogP contribution < -0.4 is 5.32 Å². The molecule has 25 heteroatoms. The standard InChI is InChI=1S/C19H34N2O3.C15H28N2O.C15H27NO.C14H23F2NO.2C14H25NO.C13H24N2O2.C12H24N2O.4CH4/c1-14(2)15-8-12-20(13-9-15)16(22)19(6)10-7-11-21(19)17(23)24-18(3,4)5;1-15(2,3)12-7-10-17(11-8-12)14(18)13-6-5-9-16(13)4;1-12(2)13-6-10-16(11-7-13)14(17)15(3)8-4-5-9-15;1-10(2)11-4-7-17(8-5-11)13(18)12-3-6-14(15,16)9-12;2*1-11(2)12-7-9-15(10-8-12)14(16)13-5-3-4-6-13;1-11(2)12-3-5-14(6-4-12)13(16)15-7-9-17-10-8-15;1-9(2)11-5-7-14(8-6-11)12(15)13-10(3)4;;;;/h14-15H,7-13H2,1-6H3;12-13H,5-11H2,1-4H3;12-13H,4-11H2,1-3H3;10-12H,3-9H2,1-2H3;2*11-13H,3-10H2,1-2H3;11-12H,3-10H2,1-2H3;9-11H,5-8H2,1-4H3,(H,13,15);4*1H4/t;13-;;12-;;;;;;;;/m.1.0......../s1. The zero-order valence-electron chi connectivity index (χ0n) is 94.5. The highest BCUT2D eigenvalue weighted by atomic mass is 19.3. The maximum Gasteiger partial charge on any atom is 0.411 e. The Labute approximate surface area is 887 Å². The SMILES string of the molecule is C.C.C.C.CC(C)C1CCN(C(=O)C2(C)CCCC2)CC1.CC(C)C1CCN(C(=O)C2(C)CCCN2C(=O)OC(C)(C)C)CC1.CC(C)C1CCN(C(=O)C2CCCC2)CC1.CC(C)C1CCN(C(=O)C2CCCC2)CC1.CC(C)C1CCN(C(=O)N2CCOCC2)CC1.CC(C)C1CCN(C(=O)[C@H]2CCC(F)(F)C2)CC1.CC(C)NC(=O)N1CCC(C(C)C)CC1.CN1CCC[C@@H]1C(=O)N1CCC(C(C)(C)C)CC1.